The van der Waals surface area contributed by atoms with Crippen molar-refractivity contribution in [1.29, 1.82) is 0 Å². The number of anilines is 1. The molecular weight excluding hydrogens is 550 g/mol. The monoisotopic (exact) mass is 589 g/mol. The molecule has 0 aromatic heterocycles. The van der Waals surface area contributed by atoms with Crippen molar-refractivity contribution >= 4 is 35.0 Å². The molecule has 2 saturated heterocycles. The number of hydrogen-bond acceptors (Lipinski definition) is 4. The lowest BCUT2D eigenvalue weighted by Crippen LogP contribution is -2.58. The van der Waals surface area contributed by atoms with E-state index in [4.69, 9.17) is 16.3 Å². The molecule has 3 aliphatic heterocycles. The first-order valence-electron chi connectivity index (χ1n) is 15.2. The zero-order chi connectivity index (χ0) is 29.8. The van der Waals surface area contributed by atoms with Crippen LogP contribution in [0.4, 0.5) is 5.69 Å². The molecule has 6 rings (SSSR count). The van der Waals surface area contributed by atoms with Crippen molar-refractivity contribution in [3.05, 3.63) is 76.3 Å². The van der Waals surface area contributed by atoms with E-state index in [1.165, 1.54) is 0 Å². The van der Waals surface area contributed by atoms with Crippen LogP contribution in [0, 0.1) is 37.5 Å². The van der Waals surface area contributed by atoms with E-state index in [1.807, 2.05) is 68.5 Å². The first-order chi connectivity index (χ1) is 20.1. The quantitative estimate of drug-likeness (QED) is 0.433. The standard InChI is InChI=1S/C34H40ClN3O4/c1-19-8-13-25(18-21(19)3)36-31(39)28-27-14-16-34(42-27)29(28)33(41)38(17-15-23-9-11-24(35)12-10-23)30(34)32(40)37-26-7-5-6-20(2)22(26)4/h8-14,16,18,20,22,26-30H,5-7,15,17H2,1-4H3,(H,36,39)(H,37,40). The summed E-state index contributed by atoms with van der Waals surface area (Å²) >= 11 is 6.09. The molecule has 4 aliphatic rings. The Bertz CT molecular complexity index is 1420. The fraction of sp³-hybridized carbons (Fsp3) is 0.500. The van der Waals surface area contributed by atoms with E-state index in [2.05, 4.69) is 24.5 Å². The van der Waals surface area contributed by atoms with Crippen LogP contribution >= 0.6 is 11.6 Å². The van der Waals surface area contributed by atoms with Gasteiger partial charge in [-0.15, -0.1) is 0 Å². The molecule has 222 valence electrons. The summed E-state index contributed by atoms with van der Waals surface area (Å²) in [7, 11) is 0. The molecule has 2 aromatic carbocycles. The summed E-state index contributed by atoms with van der Waals surface area (Å²) < 4.78 is 6.52. The number of carbonyl (C=O) groups excluding carboxylic acids is 3. The van der Waals surface area contributed by atoms with Crippen molar-refractivity contribution in [2.45, 2.75) is 77.2 Å². The Labute approximate surface area is 253 Å². The van der Waals surface area contributed by atoms with Gasteiger partial charge in [-0.1, -0.05) is 68.6 Å². The van der Waals surface area contributed by atoms with Gasteiger partial charge in [0.2, 0.25) is 17.7 Å². The third-order valence-corrected chi connectivity index (χ3v) is 10.5. The van der Waals surface area contributed by atoms with E-state index < -0.39 is 29.6 Å². The van der Waals surface area contributed by atoms with Crippen LogP contribution in [0.2, 0.25) is 5.02 Å². The largest absolute Gasteiger partial charge is 0.359 e. The van der Waals surface area contributed by atoms with Gasteiger partial charge in [-0.25, -0.2) is 0 Å². The Morgan fingerprint density at radius 3 is 2.55 bits per heavy atom. The van der Waals surface area contributed by atoms with Crippen LogP contribution in [0.15, 0.2) is 54.6 Å². The number of halogens is 1. The summed E-state index contributed by atoms with van der Waals surface area (Å²) in [5, 5.41) is 6.99. The number of likely N-dealkylation sites (tertiary alicyclic amines) is 1. The molecule has 1 spiro atoms. The van der Waals surface area contributed by atoms with E-state index in [1.54, 1.807) is 4.90 Å². The van der Waals surface area contributed by atoms with Crippen molar-refractivity contribution < 1.29 is 19.1 Å². The molecule has 2 bridgehead atoms. The Morgan fingerprint density at radius 2 is 1.81 bits per heavy atom. The number of rotatable bonds is 7. The molecular formula is C34H40ClN3O4. The minimum atomic E-state index is -1.18. The fourth-order valence-electron chi connectivity index (χ4n) is 7.50. The SMILES string of the molecule is Cc1ccc(NC(=O)C2C3C=CC4(O3)C2C(=O)N(CCc2ccc(Cl)cc2)C4C(=O)NC2CCCC(C)C2C)cc1C. The molecule has 3 heterocycles. The molecule has 8 atom stereocenters. The van der Waals surface area contributed by atoms with Gasteiger partial charge >= 0.3 is 0 Å². The van der Waals surface area contributed by atoms with E-state index in [-0.39, 0.29) is 23.8 Å². The molecule has 7 nitrogen and oxygen atoms in total. The van der Waals surface area contributed by atoms with E-state index in [0.717, 1.165) is 36.0 Å². The van der Waals surface area contributed by atoms with Crippen molar-refractivity contribution in [1.82, 2.24) is 10.2 Å². The first-order valence-corrected chi connectivity index (χ1v) is 15.6. The number of aryl methyl sites for hydroxylation is 2. The van der Waals surface area contributed by atoms with Crippen molar-refractivity contribution in [2.75, 3.05) is 11.9 Å². The van der Waals surface area contributed by atoms with E-state index in [9.17, 15) is 14.4 Å². The number of fused-ring (bicyclic) bond motifs is 1. The first kappa shape index (κ1) is 28.9. The molecule has 8 heteroatoms. The predicted molar refractivity (Wildman–Crippen MR) is 163 cm³/mol. The van der Waals surface area contributed by atoms with Gasteiger partial charge in [0.15, 0.2) is 0 Å². The van der Waals surface area contributed by atoms with Gasteiger partial charge in [0.25, 0.3) is 0 Å². The second-order valence-electron chi connectivity index (χ2n) is 12.8. The summed E-state index contributed by atoms with van der Waals surface area (Å²) in [6, 6.07) is 12.5. The van der Waals surface area contributed by atoms with Crippen molar-refractivity contribution in [3.63, 3.8) is 0 Å². The maximum atomic E-state index is 14.3. The molecule has 3 amide bonds. The summed E-state index contributed by atoms with van der Waals surface area (Å²) in [6.45, 7) is 8.78. The van der Waals surface area contributed by atoms with Crippen LogP contribution in [0.3, 0.4) is 0 Å². The lowest BCUT2D eigenvalue weighted by Gasteiger charge is -2.38. The van der Waals surface area contributed by atoms with Gasteiger partial charge < -0.3 is 20.3 Å². The van der Waals surface area contributed by atoms with Gasteiger partial charge in [0.05, 0.1) is 17.9 Å². The predicted octanol–water partition coefficient (Wildman–Crippen LogP) is 5.23. The number of hydrogen-bond donors (Lipinski definition) is 2. The Balaban J connectivity index is 1.30. The van der Waals surface area contributed by atoms with Gasteiger partial charge in [0, 0.05) is 23.3 Å². The average molecular weight is 590 g/mol. The van der Waals surface area contributed by atoms with Gasteiger partial charge in [-0.05, 0) is 79.5 Å². The average Bonchev–Trinajstić information content (AvgIpc) is 3.60. The van der Waals surface area contributed by atoms with Crippen molar-refractivity contribution in [2.24, 2.45) is 23.7 Å². The Kier molecular flexibility index (Phi) is 7.69. The third-order valence-electron chi connectivity index (χ3n) is 10.3. The molecule has 1 aliphatic carbocycles. The van der Waals surface area contributed by atoms with Crippen LogP contribution < -0.4 is 10.6 Å². The smallest absolute Gasteiger partial charge is 0.246 e. The number of carbonyl (C=O) groups is 3. The third kappa shape index (κ3) is 4.94. The minimum Gasteiger partial charge on any atom is -0.359 e. The highest BCUT2D eigenvalue weighted by atomic mass is 35.5. The van der Waals surface area contributed by atoms with E-state index in [0.29, 0.717) is 35.5 Å². The number of ether oxygens (including phenoxy) is 1. The summed E-state index contributed by atoms with van der Waals surface area (Å²) in [5.74, 6) is -1.33. The zero-order valence-electron chi connectivity index (χ0n) is 24.7. The van der Waals surface area contributed by atoms with Gasteiger partial charge in [-0.3, -0.25) is 14.4 Å². The number of nitrogens with one attached hydrogen (secondary N) is 2. The molecule has 3 fully saturated rings. The molecule has 42 heavy (non-hydrogen) atoms. The molecule has 2 aromatic rings. The van der Waals surface area contributed by atoms with Crippen LogP contribution in [0.5, 0.6) is 0 Å². The second-order valence-corrected chi connectivity index (χ2v) is 13.2. The van der Waals surface area contributed by atoms with Crippen LogP contribution in [0.1, 0.15) is 49.8 Å². The molecule has 1 saturated carbocycles. The van der Waals surface area contributed by atoms with Gasteiger partial charge in [-0.2, -0.15) is 0 Å². The van der Waals surface area contributed by atoms with E-state index >= 15 is 0 Å². The minimum absolute atomic E-state index is 0.0383. The number of nitrogens with zero attached hydrogens (tertiary/aromatic N) is 1. The highest BCUT2D eigenvalue weighted by Crippen LogP contribution is 2.55. The summed E-state index contributed by atoms with van der Waals surface area (Å²) in [6.07, 6.45) is 6.86. The van der Waals surface area contributed by atoms with Crippen LogP contribution in [-0.2, 0) is 25.5 Å². The lowest BCUT2D eigenvalue weighted by atomic mass is 9.73. The fourth-order valence-corrected chi connectivity index (χ4v) is 7.63. The maximum Gasteiger partial charge on any atom is 0.246 e. The highest BCUT2D eigenvalue weighted by molar-refractivity contribution is 6.30. The molecule has 0 radical (unpaired) electrons. The van der Waals surface area contributed by atoms with Crippen molar-refractivity contribution in [3.8, 4) is 0 Å². The highest BCUT2D eigenvalue weighted by Gasteiger charge is 2.72. The summed E-state index contributed by atoms with van der Waals surface area (Å²) in [4.78, 5) is 43.9. The normalized spacial score (nSPS) is 33.1. The molecule has 8 unspecified atom stereocenters. The van der Waals surface area contributed by atoms with Gasteiger partial charge in [0.1, 0.15) is 11.6 Å². The Morgan fingerprint density at radius 1 is 1.05 bits per heavy atom. The number of benzene rings is 2. The van der Waals surface area contributed by atoms with Crippen LogP contribution in [-0.4, -0.2) is 53.0 Å². The summed E-state index contributed by atoms with van der Waals surface area (Å²) in [5.41, 5.74) is 2.72. The topological polar surface area (TPSA) is 87.7 Å². The number of amides is 3. The lowest BCUT2D eigenvalue weighted by molar-refractivity contribution is -0.141. The molecule has 2 N–H and O–H groups in total. The maximum absolute atomic E-state index is 14.3. The Hall–Kier alpha value is -3.16. The second kappa shape index (κ2) is 11.2. The zero-order valence-corrected chi connectivity index (χ0v) is 25.5. The van der Waals surface area contributed by atoms with Crippen LogP contribution in [0.25, 0.3) is 0 Å².